The van der Waals surface area contributed by atoms with Gasteiger partial charge in [-0.3, -0.25) is 0 Å². The smallest absolute Gasteiger partial charge is 0.197 e. The topological polar surface area (TPSA) is 51.6 Å². The highest BCUT2D eigenvalue weighted by Gasteiger charge is 2.02. The van der Waals surface area contributed by atoms with Crippen molar-refractivity contribution >= 4 is 0 Å². The molecule has 0 fully saturated rings. The minimum atomic E-state index is 0.569. The van der Waals surface area contributed by atoms with Crippen LogP contribution in [-0.4, -0.2) is 19.9 Å². The molecule has 0 unspecified atom stereocenters. The quantitative estimate of drug-likeness (QED) is 0.678. The van der Waals surface area contributed by atoms with E-state index in [-0.39, 0.29) is 0 Å². The Kier molecular flexibility index (Phi) is 2.18. The molecule has 0 aromatic carbocycles. The highest BCUT2D eigenvalue weighted by Crippen LogP contribution is 2.07. The molecule has 0 aliphatic carbocycles. The van der Waals surface area contributed by atoms with Gasteiger partial charge in [0, 0.05) is 24.3 Å². The van der Waals surface area contributed by atoms with Gasteiger partial charge in [0.2, 0.25) is 0 Å². The maximum absolute atomic E-state index is 4.24. The Labute approximate surface area is 82.1 Å². The number of hydrogen-bond donors (Lipinski definition) is 0. The van der Waals surface area contributed by atoms with Crippen LogP contribution in [0.4, 0.5) is 0 Å². The normalized spacial score (nSPS) is 10.1. The molecule has 0 spiro atoms. The van der Waals surface area contributed by atoms with E-state index < -0.39 is 0 Å². The summed E-state index contributed by atoms with van der Waals surface area (Å²) in [6.07, 6.45) is 5.23. The summed E-state index contributed by atoms with van der Waals surface area (Å²) in [5.41, 5.74) is 1.94. The molecule has 0 radical (unpaired) electrons. The molecule has 2 aromatic rings. The zero-order chi connectivity index (χ0) is 9.97. The van der Waals surface area contributed by atoms with Gasteiger partial charge >= 0.3 is 0 Å². The van der Waals surface area contributed by atoms with E-state index in [0.717, 1.165) is 11.3 Å². The van der Waals surface area contributed by atoms with Crippen LogP contribution >= 0.6 is 0 Å². The SMILES string of the molecule is Cc1cnc(-c2nccc(C)n2)nc1. The van der Waals surface area contributed by atoms with Crippen molar-refractivity contribution in [2.24, 2.45) is 0 Å². The average molecular weight is 186 g/mol. The van der Waals surface area contributed by atoms with E-state index in [4.69, 9.17) is 0 Å². The van der Waals surface area contributed by atoms with Gasteiger partial charge in [0.1, 0.15) is 0 Å². The van der Waals surface area contributed by atoms with E-state index in [1.807, 2.05) is 19.9 Å². The first-order valence-corrected chi connectivity index (χ1v) is 4.34. The third-order valence-corrected chi connectivity index (χ3v) is 1.78. The molecule has 0 amide bonds. The Hall–Kier alpha value is -1.84. The molecule has 0 bridgehead atoms. The summed E-state index contributed by atoms with van der Waals surface area (Å²) in [4.78, 5) is 16.6. The Morgan fingerprint density at radius 1 is 0.929 bits per heavy atom. The molecule has 2 rings (SSSR count). The second-order valence-corrected chi connectivity index (χ2v) is 3.11. The lowest BCUT2D eigenvalue weighted by Crippen LogP contribution is -1.95. The molecule has 4 nitrogen and oxygen atoms in total. The summed E-state index contributed by atoms with van der Waals surface area (Å²) in [6, 6.07) is 1.84. The van der Waals surface area contributed by atoms with Crippen LogP contribution in [0.15, 0.2) is 24.7 Å². The minimum Gasteiger partial charge on any atom is -0.234 e. The van der Waals surface area contributed by atoms with Gasteiger partial charge in [-0.1, -0.05) is 0 Å². The molecule has 0 atom stereocenters. The number of aromatic nitrogens is 4. The second-order valence-electron chi connectivity index (χ2n) is 3.11. The summed E-state index contributed by atoms with van der Waals surface area (Å²) in [7, 11) is 0. The summed E-state index contributed by atoms with van der Waals surface area (Å²) < 4.78 is 0. The van der Waals surface area contributed by atoms with Crippen molar-refractivity contribution < 1.29 is 0 Å². The first-order valence-electron chi connectivity index (χ1n) is 4.34. The van der Waals surface area contributed by atoms with Crippen molar-refractivity contribution in [1.82, 2.24) is 19.9 Å². The molecular formula is C10H10N4. The lowest BCUT2D eigenvalue weighted by molar-refractivity contribution is 1.04. The maximum Gasteiger partial charge on any atom is 0.197 e. The van der Waals surface area contributed by atoms with E-state index in [0.29, 0.717) is 11.6 Å². The lowest BCUT2D eigenvalue weighted by Gasteiger charge is -1.98. The number of aryl methyl sites for hydroxylation is 2. The Balaban J connectivity index is 2.44. The van der Waals surface area contributed by atoms with Crippen molar-refractivity contribution in [2.75, 3.05) is 0 Å². The average Bonchev–Trinajstić information content (AvgIpc) is 2.19. The zero-order valence-corrected chi connectivity index (χ0v) is 8.10. The molecule has 0 saturated heterocycles. The zero-order valence-electron chi connectivity index (χ0n) is 8.10. The van der Waals surface area contributed by atoms with Crippen LogP contribution in [-0.2, 0) is 0 Å². The van der Waals surface area contributed by atoms with Gasteiger partial charge in [0.25, 0.3) is 0 Å². The maximum atomic E-state index is 4.24. The van der Waals surface area contributed by atoms with Gasteiger partial charge in [0.15, 0.2) is 11.6 Å². The van der Waals surface area contributed by atoms with Gasteiger partial charge in [-0.2, -0.15) is 0 Å². The van der Waals surface area contributed by atoms with E-state index >= 15 is 0 Å². The molecule has 0 saturated carbocycles. The lowest BCUT2D eigenvalue weighted by atomic mass is 10.4. The molecule has 0 N–H and O–H groups in total. The van der Waals surface area contributed by atoms with Gasteiger partial charge in [-0.05, 0) is 25.5 Å². The third kappa shape index (κ3) is 1.74. The number of nitrogens with zero attached hydrogens (tertiary/aromatic N) is 4. The summed E-state index contributed by atoms with van der Waals surface area (Å²) >= 11 is 0. The molecular weight excluding hydrogens is 176 g/mol. The second kappa shape index (κ2) is 3.49. The highest BCUT2D eigenvalue weighted by atomic mass is 15.0. The predicted molar refractivity (Wildman–Crippen MR) is 52.5 cm³/mol. The summed E-state index contributed by atoms with van der Waals surface area (Å²) in [5.74, 6) is 1.14. The summed E-state index contributed by atoms with van der Waals surface area (Å²) in [6.45, 7) is 3.86. The Morgan fingerprint density at radius 2 is 1.64 bits per heavy atom. The fourth-order valence-electron chi connectivity index (χ4n) is 1.06. The standard InChI is InChI=1S/C10H10N4/c1-7-5-12-9(13-6-7)10-11-4-3-8(2)14-10/h3-6H,1-2H3. The van der Waals surface area contributed by atoms with E-state index in [2.05, 4.69) is 19.9 Å². The van der Waals surface area contributed by atoms with E-state index in [9.17, 15) is 0 Å². The number of hydrogen-bond acceptors (Lipinski definition) is 4. The van der Waals surface area contributed by atoms with Crippen LogP contribution in [0.1, 0.15) is 11.3 Å². The third-order valence-electron chi connectivity index (χ3n) is 1.78. The van der Waals surface area contributed by atoms with Crippen molar-refractivity contribution in [3.63, 3.8) is 0 Å². The molecule has 0 aliphatic heterocycles. The van der Waals surface area contributed by atoms with Crippen molar-refractivity contribution in [3.05, 3.63) is 35.9 Å². The highest BCUT2D eigenvalue weighted by molar-refractivity contribution is 5.42. The minimum absolute atomic E-state index is 0.569. The first kappa shape index (κ1) is 8.74. The van der Waals surface area contributed by atoms with Gasteiger partial charge < -0.3 is 0 Å². The fourth-order valence-corrected chi connectivity index (χ4v) is 1.06. The number of rotatable bonds is 1. The molecule has 14 heavy (non-hydrogen) atoms. The van der Waals surface area contributed by atoms with Crippen LogP contribution in [0.3, 0.4) is 0 Å². The van der Waals surface area contributed by atoms with Crippen LogP contribution in [0, 0.1) is 13.8 Å². The van der Waals surface area contributed by atoms with Crippen molar-refractivity contribution in [1.29, 1.82) is 0 Å². The molecule has 70 valence electrons. The van der Waals surface area contributed by atoms with E-state index in [1.165, 1.54) is 0 Å². The molecule has 0 aliphatic rings. The van der Waals surface area contributed by atoms with Crippen LogP contribution < -0.4 is 0 Å². The molecule has 2 aromatic heterocycles. The van der Waals surface area contributed by atoms with Crippen molar-refractivity contribution in [3.8, 4) is 11.6 Å². The van der Waals surface area contributed by atoms with Gasteiger partial charge in [-0.15, -0.1) is 0 Å². The van der Waals surface area contributed by atoms with Crippen molar-refractivity contribution in [2.45, 2.75) is 13.8 Å². The van der Waals surface area contributed by atoms with Gasteiger partial charge in [0.05, 0.1) is 0 Å². The monoisotopic (exact) mass is 186 g/mol. The van der Waals surface area contributed by atoms with E-state index in [1.54, 1.807) is 18.6 Å². The predicted octanol–water partition coefficient (Wildman–Crippen LogP) is 1.55. The largest absolute Gasteiger partial charge is 0.234 e. The molecule has 4 heteroatoms. The fraction of sp³-hybridized carbons (Fsp3) is 0.200. The van der Waals surface area contributed by atoms with Crippen LogP contribution in [0.25, 0.3) is 11.6 Å². The Bertz CT molecular complexity index is 436. The first-order chi connectivity index (χ1) is 6.75. The van der Waals surface area contributed by atoms with Gasteiger partial charge in [-0.25, -0.2) is 19.9 Å². The van der Waals surface area contributed by atoms with Crippen LogP contribution in [0.2, 0.25) is 0 Å². The Morgan fingerprint density at radius 3 is 2.29 bits per heavy atom. The molecule has 2 heterocycles. The van der Waals surface area contributed by atoms with Crippen LogP contribution in [0.5, 0.6) is 0 Å². The summed E-state index contributed by atoms with van der Waals surface area (Å²) in [5, 5.41) is 0.